The third kappa shape index (κ3) is 3.43. The van der Waals surface area contributed by atoms with Crippen LogP contribution in [-0.4, -0.2) is 9.97 Å². The van der Waals surface area contributed by atoms with Crippen molar-refractivity contribution in [2.24, 2.45) is 5.92 Å². The summed E-state index contributed by atoms with van der Waals surface area (Å²) in [4.78, 5) is 19.2. The zero-order chi connectivity index (χ0) is 14.9. The van der Waals surface area contributed by atoms with Crippen LogP contribution in [0.15, 0.2) is 27.5 Å². The van der Waals surface area contributed by atoms with Crippen molar-refractivity contribution in [3.63, 3.8) is 0 Å². The summed E-state index contributed by atoms with van der Waals surface area (Å²) in [7, 11) is 0. The molecule has 106 valence electrons. The van der Waals surface area contributed by atoms with Crippen LogP contribution < -0.4 is 5.56 Å². The highest BCUT2D eigenvalue weighted by Crippen LogP contribution is 2.28. The van der Waals surface area contributed by atoms with Crippen LogP contribution >= 0.6 is 39.1 Å². The quantitative estimate of drug-likeness (QED) is 0.844. The maximum atomic E-state index is 12.0. The lowest BCUT2D eigenvalue weighted by Gasteiger charge is -2.10. The molecule has 0 bridgehead atoms. The number of benzene rings is 1. The zero-order valence-corrected chi connectivity index (χ0v) is 14.1. The topological polar surface area (TPSA) is 45.8 Å². The highest BCUT2D eigenvalue weighted by molar-refractivity contribution is 9.10. The van der Waals surface area contributed by atoms with Gasteiger partial charge >= 0.3 is 0 Å². The third-order valence-corrected chi connectivity index (χ3v) is 4.08. The Labute approximate surface area is 135 Å². The molecule has 0 saturated heterocycles. The summed E-state index contributed by atoms with van der Waals surface area (Å²) < 4.78 is 0.472. The molecule has 1 heterocycles. The molecule has 2 aromatic rings. The number of aromatic nitrogens is 2. The average Bonchev–Trinajstić information content (AvgIpc) is 2.34. The van der Waals surface area contributed by atoms with E-state index in [0.717, 1.165) is 5.69 Å². The summed E-state index contributed by atoms with van der Waals surface area (Å²) in [6.45, 7) is 4.15. The lowest BCUT2D eigenvalue weighted by atomic mass is 10.1. The molecular weight excluding hydrogens is 363 g/mol. The van der Waals surface area contributed by atoms with Crippen molar-refractivity contribution < 1.29 is 0 Å². The molecule has 0 radical (unpaired) electrons. The van der Waals surface area contributed by atoms with E-state index in [1.807, 2.05) is 0 Å². The monoisotopic (exact) mass is 374 g/mol. The van der Waals surface area contributed by atoms with Gasteiger partial charge in [-0.1, -0.05) is 37.0 Å². The lowest BCUT2D eigenvalue weighted by molar-refractivity contribution is 0.631. The van der Waals surface area contributed by atoms with Gasteiger partial charge < -0.3 is 4.98 Å². The fourth-order valence-electron chi connectivity index (χ4n) is 1.84. The van der Waals surface area contributed by atoms with E-state index in [0.29, 0.717) is 38.2 Å². The van der Waals surface area contributed by atoms with E-state index in [2.05, 4.69) is 39.7 Å². The second-order valence-corrected chi connectivity index (χ2v) is 6.53. The molecule has 0 aliphatic heterocycles. The van der Waals surface area contributed by atoms with Crippen LogP contribution in [0.4, 0.5) is 0 Å². The third-order valence-electron chi connectivity index (χ3n) is 2.72. The van der Waals surface area contributed by atoms with Crippen LogP contribution in [-0.2, 0) is 6.42 Å². The fraction of sp³-hybridized carbons (Fsp3) is 0.286. The molecule has 1 N–H and O–H groups in total. The SMILES string of the molecule is CC(C)Cc1nc(-c2ccc(Cl)cc2Cl)[nH]c(=O)c1Br. The standard InChI is InChI=1S/C14H13BrCl2N2O/c1-7(2)5-11-12(15)14(20)19-13(18-11)9-4-3-8(16)6-10(9)17/h3-4,6-7H,5H2,1-2H3,(H,18,19,20). The summed E-state index contributed by atoms with van der Waals surface area (Å²) in [6.07, 6.45) is 0.711. The Balaban J connectivity index is 2.57. The molecule has 2 rings (SSSR count). The molecular formula is C14H13BrCl2N2O. The number of hydrogen-bond acceptors (Lipinski definition) is 2. The molecule has 0 aliphatic carbocycles. The van der Waals surface area contributed by atoms with Gasteiger partial charge in [0, 0.05) is 10.6 Å². The Hall–Kier alpha value is -0.840. The number of nitrogens with one attached hydrogen (secondary N) is 1. The van der Waals surface area contributed by atoms with Gasteiger partial charge in [-0.05, 0) is 46.5 Å². The Morgan fingerprint density at radius 2 is 2.05 bits per heavy atom. The van der Waals surface area contributed by atoms with Gasteiger partial charge in [0.2, 0.25) is 0 Å². The second kappa shape index (κ2) is 6.29. The summed E-state index contributed by atoms with van der Waals surface area (Å²) in [5.41, 5.74) is 1.17. The molecule has 6 heteroatoms. The van der Waals surface area contributed by atoms with Crippen molar-refractivity contribution in [3.05, 3.63) is 48.8 Å². The minimum atomic E-state index is -0.211. The summed E-state index contributed by atoms with van der Waals surface area (Å²) in [6, 6.07) is 5.09. The average molecular weight is 376 g/mol. The molecule has 20 heavy (non-hydrogen) atoms. The first-order valence-corrected chi connectivity index (χ1v) is 7.67. The van der Waals surface area contributed by atoms with E-state index in [-0.39, 0.29) is 5.56 Å². The number of hydrogen-bond donors (Lipinski definition) is 1. The van der Waals surface area contributed by atoms with Crippen molar-refractivity contribution >= 4 is 39.1 Å². The predicted octanol–water partition coefficient (Wildman–Crippen LogP) is 4.70. The van der Waals surface area contributed by atoms with E-state index in [9.17, 15) is 4.79 Å². The van der Waals surface area contributed by atoms with Crippen LogP contribution in [0.5, 0.6) is 0 Å². The summed E-state index contributed by atoms with van der Waals surface area (Å²) in [5.74, 6) is 0.852. The van der Waals surface area contributed by atoms with E-state index >= 15 is 0 Å². The number of nitrogens with zero attached hydrogens (tertiary/aromatic N) is 1. The van der Waals surface area contributed by atoms with E-state index in [1.54, 1.807) is 18.2 Å². The molecule has 0 spiro atoms. The van der Waals surface area contributed by atoms with Gasteiger partial charge in [0.1, 0.15) is 10.3 Å². The smallest absolute Gasteiger partial charge is 0.265 e. The minimum absolute atomic E-state index is 0.211. The fourth-order valence-corrected chi connectivity index (χ4v) is 2.68. The molecule has 1 aromatic carbocycles. The molecule has 3 nitrogen and oxygen atoms in total. The highest BCUT2D eigenvalue weighted by atomic mass is 79.9. The van der Waals surface area contributed by atoms with Gasteiger partial charge in [0.25, 0.3) is 5.56 Å². The largest absolute Gasteiger partial charge is 0.305 e. The molecule has 0 amide bonds. The van der Waals surface area contributed by atoms with Crippen LogP contribution in [0.1, 0.15) is 19.5 Å². The first kappa shape index (κ1) is 15.5. The van der Waals surface area contributed by atoms with Crippen molar-refractivity contribution in [1.29, 1.82) is 0 Å². The molecule has 0 fully saturated rings. The van der Waals surface area contributed by atoms with Gasteiger partial charge in [-0.2, -0.15) is 0 Å². The normalized spacial score (nSPS) is 11.1. The lowest BCUT2D eigenvalue weighted by Crippen LogP contribution is -2.15. The predicted molar refractivity (Wildman–Crippen MR) is 86.6 cm³/mol. The summed E-state index contributed by atoms with van der Waals surface area (Å²) in [5, 5.41) is 0.999. The van der Waals surface area contributed by atoms with Crippen molar-refractivity contribution in [2.45, 2.75) is 20.3 Å². The Bertz CT molecular complexity index is 698. The van der Waals surface area contributed by atoms with Crippen molar-refractivity contribution in [2.75, 3.05) is 0 Å². The van der Waals surface area contributed by atoms with Crippen LogP contribution in [0.25, 0.3) is 11.4 Å². The van der Waals surface area contributed by atoms with E-state index in [1.165, 1.54) is 0 Å². The maximum absolute atomic E-state index is 12.0. The number of rotatable bonds is 3. The van der Waals surface area contributed by atoms with Crippen LogP contribution in [0, 0.1) is 5.92 Å². The first-order chi connectivity index (χ1) is 9.38. The molecule has 0 aliphatic rings. The Morgan fingerprint density at radius 1 is 1.35 bits per heavy atom. The number of halogens is 3. The summed E-state index contributed by atoms with van der Waals surface area (Å²) >= 11 is 15.3. The van der Waals surface area contributed by atoms with E-state index < -0.39 is 0 Å². The van der Waals surface area contributed by atoms with Gasteiger partial charge in [0.15, 0.2) is 0 Å². The number of aromatic amines is 1. The molecule has 1 aromatic heterocycles. The maximum Gasteiger partial charge on any atom is 0.265 e. The van der Waals surface area contributed by atoms with Gasteiger partial charge in [-0.15, -0.1) is 0 Å². The van der Waals surface area contributed by atoms with Gasteiger partial charge in [-0.3, -0.25) is 4.79 Å². The molecule has 0 saturated carbocycles. The Kier molecular flexibility index (Phi) is 4.89. The first-order valence-electron chi connectivity index (χ1n) is 6.12. The Morgan fingerprint density at radius 3 is 2.65 bits per heavy atom. The van der Waals surface area contributed by atoms with Crippen LogP contribution in [0.3, 0.4) is 0 Å². The van der Waals surface area contributed by atoms with Crippen molar-refractivity contribution in [1.82, 2.24) is 9.97 Å². The zero-order valence-electron chi connectivity index (χ0n) is 11.0. The van der Waals surface area contributed by atoms with Gasteiger partial charge in [0.05, 0.1) is 10.7 Å². The highest BCUT2D eigenvalue weighted by Gasteiger charge is 2.13. The minimum Gasteiger partial charge on any atom is -0.305 e. The van der Waals surface area contributed by atoms with Crippen molar-refractivity contribution in [3.8, 4) is 11.4 Å². The molecule has 0 unspecified atom stereocenters. The second-order valence-electron chi connectivity index (χ2n) is 4.90. The molecule has 0 atom stereocenters. The van der Waals surface area contributed by atoms with Crippen LogP contribution in [0.2, 0.25) is 10.0 Å². The number of H-pyrrole nitrogens is 1. The van der Waals surface area contributed by atoms with Gasteiger partial charge in [-0.25, -0.2) is 4.98 Å². The van der Waals surface area contributed by atoms with E-state index in [4.69, 9.17) is 23.2 Å².